The summed E-state index contributed by atoms with van der Waals surface area (Å²) >= 11 is 0. The third-order valence-electron chi connectivity index (χ3n) is 2.01. The summed E-state index contributed by atoms with van der Waals surface area (Å²) in [6.45, 7) is 1.59. The van der Waals surface area contributed by atoms with Crippen molar-refractivity contribution in [1.82, 2.24) is 0 Å². The molecule has 0 saturated carbocycles. The van der Waals surface area contributed by atoms with E-state index < -0.39 is 0 Å². The molecule has 1 atom stereocenters. The summed E-state index contributed by atoms with van der Waals surface area (Å²) < 4.78 is 10.00. The van der Waals surface area contributed by atoms with Crippen molar-refractivity contribution < 1.29 is 18.8 Å². The first-order chi connectivity index (χ1) is 7.25. The number of carbonyl (C=O) groups excluding carboxylic acids is 1. The van der Waals surface area contributed by atoms with Crippen LogP contribution in [-0.4, -0.2) is 24.4 Å². The van der Waals surface area contributed by atoms with Crippen molar-refractivity contribution in [2.24, 2.45) is 5.16 Å². The topological polar surface area (TPSA) is 61.0 Å². The Labute approximate surface area is 86.6 Å². The normalized spacial score (nSPS) is 19.5. The van der Waals surface area contributed by atoms with E-state index in [1.165, 1.54) is 6.92 Å². The minimum atomic E-state index is -0.315. The van der Waals surface area contributed by atoms with E-state index in [0.29, 0.717) is 12.2 Å². The van der Waals surface area contributed by atoms with Gasteiger partial charge in [0, 0.05) is 13.3 Å². The van der Waals surface area contributed by atoms with E-state index in [-0.39, 0.29) is 18.7 Å². The van der Waals surface area contributed by atoms with E-state index in [9.17, 15) is 4.79 Å². The Morgan fingerprint density at radius 3 is 3.27 bits per heavy atom. The predicted octanol–water partition coefficient (Wildman–Crippen LogP) is 1.34. The monoisotopic (exact) mass is 209 g/mol. The van der Waals surface area contributed by atoms with Crippen molar-refractivity contribution in [3.05, 3.63) is 24.2 Å². The van der Waals surface area contributed by atoms with Gasteiger partial charge in [0.25, 0.3) is 0 Å². The molecular formula is C10H11NO4. The van der Waals surface area contributed by atoms with Crippen LogP contribution in [0.15, 0.2) is 28.0 Å². The van der Waals surface area contributed by atoms with Gasteiger partial charge in [0.05, 0.1) is 6.26 Å². The first-order valence-electron chi connectivity index (χ1n) is 4.65. The molecular weight excluding hydrogens is 198 g/mol. The first kappa shape index (κ1) is 9.76. The molecule has 2 rings (SSSR count). The smallest absolute Gasteiger partial charge is 0.302 e. The molecule has 0 saturated heterocycles. The Kier molecular flexibility index (Phi) is 2.71. The Hall–Kier alpha value is -1.78. The largest absolute Gasteiger partial charge is 0.463 e. The summed E-state index contributed by atoms with van der Waals surface area (Å²) in [7, 11) is 0. The summed E-state index contributed by atoms with van der Waals surface area (Å²) in [5, 5.41) is 3.87. The molecule has 1 aliphatic heterocycles. The zero-order valence-corrected chi connectivity index (χ0v) is 8.30. The Balaban J connectivity index is 1.86. The molecule has 5 heteroatoms. The number of hydrogen-bond acceptors (Lipinski definition) is 5. The Morgan fingerprint density at radius 1 is 1.73 bits per heavy atom. The van der Waals surface area contributed by atoms with Crippen LogP contribution in [0.4, 0.5) is 0 Å². The fraction of sp³-hybridized carbons (Fsp3) is 0.400. The highest BCUT2D eigenvalue weighted by Crippen LogP contribution is 2.17. The van der Waals surface area contributed by atoms with Crippen LogP contribution >= 0.6 is 0 Å². The molecule has 80 valence electrons. The van der Waals surface area contributed by atoms with Gasteiger partial charge in [-0.3, -0.25) is 4.79 Å². The maximum Gasteiger partial charge on any atom is 0.302 e. The summed E-state index contributed by atoms with van der Waals surface area (Å²) in [5.41, 5.74) is 0.747. The number of esters is 1. The number of furan rings is 1. The Bertz CT molecular complexity index is 369. The molecule has 5 nitrogen and oxygen atoms in total. The van der Waals surface area contributed by atoms with Gasteiger partial charge < -0.3 is 14.0 Å². The lowest BCUT2D eigenvalue weighted by molar-refractivity contribution is -0.144. The highest BCUT2D eigenvalue weighted by atomic mass is 16.7. The number of hydrogen-bond donors (Lipinski definition) is 0. The molecule has 0 amide bonds. The van der Waals surface area contributed by atoms with Crippen LogP contribution in [0.2, 0.25) is 0 Å². The van der Waals surface area contributed by atoms with E-state index in [0.717, 1.165) is 5.71 Å². The second-order valence-electron chi connectivity index (χ2n) is 3.25. The van der Waals surface area contributed by atoms with Crippen LogP contribution in [0.25, 0.3) is 0 Å². The maximum absolute atomic E-state index is 10.6. The SMILES string of the molecule is CC(=O)OCC1CC(c2ccco2)=NO1. The van der Waals surface area contributed by atoms with Crippen LogP contribution in [0, 0.1) is 0 Å². The van der Waals surface area contributed by atoms with Crippen molar-refractivity contribution in [1.29, 1.82) is 0 Å². The summed E-state index contributed by atoms with van der Waals surface area (Å²) in [4.78, 5) is 15.7. The zero-order chi connectivity index (χ0) is 10.7. The van der Waals surface area contributed by atoms with Crippen molar-refractivity contribution >= 4 is 11.7 Å². The van der Waals surface area contributed by atoms with Gasteiger partial charge in [-0.2, -0.15) is 0 Å². The molecule has 1 aliphatic rings. The minimum absolute atomic E-state index is 0.200. The Morgan fingerprint density at radius 2 is 2.60 bits per heavy atom. The van der Waals surface area contributed by atoms with E-state index in [1.807, 2.05) is 6.07 Å². The highest BCUT2D eigenvalue weighted by Gasteiger charge is 2.24. The number of oxime groups is 1. The quantitative estimate of drug-likeness (QED) is 0.704. The van der Waals surface area contributed by atoms with Crippen molar-refractivity contribution in [3.8, 4) is 0 Å². The molecule has 0 spiro atoms. The number of ether oxygens (including phenoxy) is 1. The van der Waals surface area contributed by atoms with Crippen LogP contribution in [0.3, 0.4) is 0 Å². The van der Waals surface area contributed by atoms with E-state index in [4.69, 9.17) is 14.0 Å². The van der Waals surface area contributed by atoms with Gasteiger partial charge >= 0.3 is 5.97 Å². The zero-order valence-electron chi connectivity index (χ0n) is 8.30. The van der Waals surface area contributed by atoms with Gasteiger partial charge in [0.15, 0.2) is 11.9 Å². The third-order valence-corrected chi connectivity index (χ3v) is 2.01. The highest BCUT2D eigenvalue weighted by molar-refractivity contribution is 5.98. The minimum Gasteiger partial charge on any atom is -0.463 e. The second-order valence-corrected chi connectivity index (χ2v) is 3.25. The number of rotatable bonds is 3. The van der Waals surface area contributed by atoms with Crippen molar-refractivity contribution in [3.63, 3.8) is 0 Å². The molecule has 1 aromatic heterocycles. The van der Waals surface area contributed by atoms with Crippen molar-refractivity contribution in [2.75, 3.05) is 6.61 Å². The van der Waals surface area contributed by atoms with Gasteiger partial charge in [0.1, 0.15) is 12.3 Å². The lowest BCUT2D eigenvalue weighted by Gasteiger charge is -2.06. The third kappa shape index (κ3) is 2.37. The average Bonchev–Trinajstić information content (AvgIpc) is 2.85. The molecule has 0 fully saturated rings. The second kappa shape index (κ2) is 4.16. The van der Waals surface area contributed by atoms with Gasteiger partial charge in [-0.1, -0.05) is 5.16 Å². The molecule has 0 radical (unpaired) electrons. The molecule has 0 aliphatic carbocycles. The van der Waals surface area contributed by atoms with Gasteiger partial charge in [0.2, 0.25) is 0 Å². The van der Waals surface area contributed by atoms with Crippen LogP contribution in [0.1, 0.15) is 19.1 Å². The van der Waals surface area contributed by atoms with Crippen molar-refractivity contribution in [2.45, 2.75) is 19.4 Å². The molecule has 1 unspecified atom stereocenters. The van der Waals surface area contributed by atoms with Gasteiger partial charge in [-0.05, 0) is 12.1 Å². The molecule has 2 heterocycles. The fourth-order valence-corrected chi connectivity index (χ4v) is 1.32. The lowest BCUT2D eigenvalue weighted by Crippen LogP contribution is -2.17. The molecule has 0 bridgehead atoms. The van der Waals surface area contributed by atoms with Gasteiger partial charge in [-0.15, -0.1) is 0 Å². The number of carbonyl (C=O) groups is 1. The van der Waals surface area contributed by atoms with Crippen LogP contribution < -0.4 is 0 Å². The molecule has 1 aromatic rings. The van der Waals surface area contributed by atoms with E-state index >= 15 is 0 Å². The number of nitrogens with zero attached hydrogens (tertiary/aromatic N) is 1. The van der Waals surface area contributed by atoms with Gasteiger partial charge in [-0.25, -0.2) is 0 Å². The molecule has 0 N–H and O–H groups in total. The van der Waals surface area contributed by atoms with Crippen LogP contribution in [0.5, 0.6) is 0 Å². The lowest BCUT2D eigenvalue weighted by atomic mass is 10.1. The summed E-state index contributed by atoms with van der Waals surface area (Å²) in [6.07, 6.45) is 1.98. The maximum atomic E-state index is 10.6. The first-order valence-corrected chi connectivity index (χ1v) is 4.65. The van der Waals surface area contributed by atoms with E-state index in [2.05, 4.69) is 5.16 Å². The molecule has 0 aromatic carbocycles. The summed E-state index contributed by atoms with van der Waals surface area (Å²) in [5.74, 6) is 0.380. The van der Waals surface area contributed by atoms with E-state index in [1.54, 1.807) is 12.3 Å². The summed E-state index contributed by atoms with van der Waals surface area (Å²) in [6, 6.07) is 3.60. The molecule has 15 heavy (non-hydrogen) atoms. The predicted molar refractivity (Wildman–Crippen MR) is 51.4 cm³/mol. The van der Waals surface area contributed by atoms with Crippen LogP contribution in [-0.2, 0) is 14.4 Å². The average molecular weight is 209 g/mol. The standard InChI is InChI=1S/C10H11NO4/c1-7(12)14-6-8-5-9(11-15-8)10-3-2-4-13-10/h2-4,8H,5-6H2,1H3. The fourth-order valence-electron chi connectivity index (χ4n) is 1.32.